The summed E-state index contributed by atoms with van der Waals surface area (Å²) in [6.45, 7) is 1.89. The van der Waals surface area contributed by atoms with E-state index in [1.54, 1.807) is 19.3 Å². The maximum atomic E-state index is 11.5. The van der Waals surface area contributed by atoms with Gasteiger partial charge in [0.15, 0.2) is 0 Å². The lowest BCUT2D eigenvalue weighted by molar-refractivity contribution is -0.0757. The summed E-state index contributed by atoms with van der Waals surface area (Å²) >= 11 is 0. The average molecular weight is 180 g/mol. The van der Waals surface area contributed by atoms with E-state index >= 15 is 0 Å². The standard InChI is InChI=1S/C9H12N2O2/c1-7-4-8(6-10-5-7)9(12)11(2)13-3/h4-6H,1-3H3. The molecule has 0 spiro atoms. The monoisotopic (exact) mass is 180 g/mol. The van der Waals surface area contributed by atoms with Crippen LogP contribution in [0, 0.1) is 6.92 Å². The van der Waals surface area contributed by atoms with E-state index in [0.29, 0.717) is 5.56 Å². The van der Waals surface area contributed by atoms with Crippen molar-refractivity contribution in [3.8, 4) is 0 Å². The van der Waals surface area contributed by atoms with Gasteiger partial charge in [0, 0.05) is 19.4 Å². The van der Waals surface area contributed by atoms with Gasteiger partial charge in [0.05, 0.1) is 12.7 Å². The topological polar surface area (TPSA) is 42.4 Å². The summed E-state index contributed by atoms with van der Waals surface area (Å²) in [6.07, 6.45) is 3.22. The summed E-state index contributed by atoms with van der Waals surface area (Å²) in [5.41, 5.74) is 1.49. The highest BCUT2D eigenvalue weighted by Crippen LogP contribution is 2.04. The number of carbonyl (C=O) groups is 1. The Bertz CT molecular complexity index is 312. The molecule has 0 saturated carbocycles. The van der Waals surface area contributed by atoms with Crippen molar-refractivity contribution in [1.29, 1.82) is 0 Å². The first-order valence-corrected chi connectivity index (χ1v) is 3.89. The van der Waals surface area contributed by atoms with E-state index in [2.05, 4.69) is 4.98 Å². The molecule has 0 aromatic carbocycles. The number of hydroxylamine groups is 2. The van der Waals surface area contributed by atoms with Crippen LogP contribution in [0.2, 0.25) is 0 Å². The zero-order valence-corrected chi connectivity index (χ0v) is 7.94. The lowest BCUT2D eigenvalue weighted by Gasteiger charge is -2.13. The van der Waals surface area contributed by atoms with Crippen molar-refractivity contribution in [1.82, 2.24) is 10.0 Å². The third-order valence-corrected chi connectivity index (χ3v) is 1.68. The lowest BCUT2D eigenvalue weighted by Crippen LogP contribution is -2.25. The smallest absolute Gasteiger partial charge is 0.274 e. The quantitative estimate of drug-likeness (QED) is 0.638. The average Bonchev–Trinajstić information content (AvgIpc) is 2.15. The van der Waals surface area contributed by atoms with Crippen LogP contribution < -0.4 is 0 Å². The SMILES string of the molecule is CON(C)C(=O)c1cncc(C)c1. The number of nitrogens with zero attached hydrogens (tertiary/aromatic N) is 2. The van der Waals surface area contributed by atoms with Crippen LogP contribution in [0.1, 0.15) is 15.9 Å². The molecule has 0 radical (unpaired) electrons. The fourth-order valence-corrected chi connectivity index (χ4v) is 0.937. The van der Waals surface area contributed by atoms with Crippen LogP contribution in [0.5, 0.6) is 0 Å². The minimum Gasteiger partial charge on any atom is -0.274 e. The van der Waals surface area contributed by atoms with Crippen molar-refractivity contribution >= 4 is 5.91 Å². The molecule has 4 heteroatoms. The van der Waals surface area contributed by atoms with Gasteiger partial charge >= 0.3 is 0 Å². The molecule has 1 aromatic rings. The summed E-state index contributed by atoms with van der Waals surface area (Å²) in [6, 6.07) is 1.77. The van der Waals surface area contributed by atoms with Crippen molar-refractivity contribution in [3.63, 3.8) is 0 Å². The number of carbonyl (C=O) groups excluding carboxylic acids is 1. The molecule has 1 heterocycles. The second-order valence-corrected chi connectivity index (χ2v) is 2.74. The Morgan fingerprint density at radius 3 is 2.77 bits per heavy atom. The van der Waals surface area contributed by atoms with Gasteiger partial charge in [-0.3, -0.25) is 14.6 Å². The molecular weight excluding hydrogens is 168 g/mol. The second kappa shape index (κ2) is 4.00. The van der Waals surface area contributed by atoms with Crippen LogP contribution >= 0.6 is 0 Å². The van der Waals surface area contributed by atoms with Gasteiger partial charge in [-0.25, -0.2) is 5.06 Å². The summed E-state index contributed by atoms with van der Waals surface area (Å²) < 4.78 is 0. The molecule has 1 rings (SSSR count). The van der Waals surface area contributed by atoms with Crippen LogP contribution in [0.25, 0.3) is 0 Å². The molecule has 4 nitrogen and oxygen atoms in total. The van der Waals surface area contributed by atoms with Crippen molar-refractivity contribution < 1.29 is 9.63 Å². The third-order valence-electron chi connectivity index (χ3n) is 1.68. The molecule has 0 bridgehead atoms. The van der Waals surface area contributed by atoms with Crippen LogP contribution in [0.15, 0.2) is 18.5 Å². The highest BCUT2D eigenvalue weighted by atomic mass is 16.7. The number of rotatable bonds is 2. The van der Waals surface area contributed by atoms with Gasteiger partial charge in [0.2, 0.25) is 0 Å². The molecule has 70 valence electrons. The fourth-order valence-electron chi connectivity index (χ4n) is 0.937. The summed E-state index contributed by atoms with van der Waals surface area (Å²) in [5, 5.41) is 1.16. The van der Waals surface area contributed by atoms with E-state index in [0.717, 1.165) is 10.6 Å². The first-order chi connectivity index (χ1) is 6.15. The number of hydrogen-bond acceptors (Lipinski definition) is 3. The van der Waals surface area contributed by atoms with Crippen LogP contribution in [0.4, 0.5) is 0 Å². The molecule has 0 aliphatic carbocycles. The first kappa shape index (κ1) is 9.67. The molecule has 0 fully saturated rings. The summed E-state index contributed by atoms with van der Waals surface area (Å²) in [7, 11) is 3.01. The van der Waals surface area contributed by atoms with Crippen molar-refractivity contribution in [2.24, 2.45) is 0 Å². The minimum atomic E-state index is -0.196. The zero-order valence-electron chi connectivity index (χ0n) is 7.94. The number of pyridine rings is 1. The molecular formula is C9H12N2O2. The Morgan fingerprint density at radius 2 is 2.23 bits per heavy atom. The van der Waals surface area contributed by atoms with Gasteiger partial charge in [-0.05, 0) is 18.6 Å². The maximum absolute atomic E-state index is 11.5. The zero-order chi connectivity index (χ0) is 9.84. The number of aryl methyl sites for hydroxylation is 1. The van der Waals surface area contributed by atoms with E-state index in [1.165, 1.54) is 13.3 Å². The Labute approximate surface area is 77.1 Å². The van der Waals surface area contributed by atoms with E-state index < -0.39 is 0 Å². The molecule has 0 atom stereocenters. The Kier molecular flexibility index (Phi) is 2.97. The van der Waals surface area contributed by atoms with E-state index in [-0.39, 0.29) is 5.91 Å². The largest absolute Gasteiger partial charge is 0.278 e. The Balaban J connectivity index is 2.89. The van der Waals surface area contributed by atoms with Crippen LogP contribution in [0.3, 0.4) is 0 Å². The molecule has 0 saturated heterocycles. The van der Waals surface area contributed by atoms with E-state index in [1.807, 2.05) is 6.92 Å². The van der Waals surface area contributed by atoms with Crippen molar-refractivity contribution in [3.05, 3.63) is 29.6 Å². The van der Waals surface area contributed by atoms with Gasteiger partial charge in [-0.15, -0.1) is 0 Å². The second-order valence-electron chi connectivity index (χ2n) is 2.74. The number of amides is 1. The van der Waals surface area contributed by atoms with Gasteiger partial charge in [0.1, 0.15) is 0 Å². The minimum absolute atomic E-state index is 0.196. The van der Waals surface area contributed by atoms with Gasteiger partial charge < -0.3 is 0 Å². The maximum Gasteiger partial charge on any atom is 0.278 e. The van der Waals surface area contributed by atoms with Gasteiger partial charge in [-0.2, -0.15) is 0 Å². The molecule has 13 heavy (non-hydrogen) atoms. The highest BCUT2D eigenvalue weighted by molar-refractivity contribution is 5.93. The molecule has 1 amide bonds. The van der Waals surface area contributed by atoms with Crippen LogP contribution in [-0.2, 0) is 4.84 Å². The fraction of sp³-hybridized carbons (Fsp3) is 0.333. The van der Waals surface area contributed by atoms with Crippen molar-refractivity contribution in [2.75, 3.05) is 14.2 Å². The number of aromatic nitrogens is 1. The van der Waals surface area contributed by atoms with Gasteiger partial charge in [-0.1, -0.05) is 0 Å². The third kappa shape index (κ3) is 2.26. The first-order valence-electron chi connectivity index (χ1n) is 3.89. The van der Waals surface area contributed by atoms with Crippen LogP contribution in [-0.4, -0.2) is 30.1 Å². The molecule has 0 unspecified atom stereocenters. The highest BCUT2D eigenvalue weighted by Gasteiger charge is 2.10. The molecule has 0 aliphatic heterocycles. The molecule has 0 N–H and O–H groups in total. The van der Waals surface area contributed by atoms with E-state index in [4.69, 9.17) is 4.84 Å². The Morgan fingerprint density at radius 1 is 1.54 bits per heavy atom. The predicted octanol–water partition coefficient (Wildman–Crippen LogP) is 1.02. The summed E-state index contributed by atoms with van der Waals surface area (Å²) in [5.74, 6) is -0.196. The predicted molar refractivity (Wildman–Crippen MR) is 48.1 cm³/mol. The van der Waals surface area contributed by atoms with E-state index in [9.17, 15) is 4.79 Å². The normalized spacial score (nSPS) is 9.77. The lowest BCUT2D eigenvalue weighted by atomic mass is 10.2. The Hall–Kier alpha value is -1.42. The van der Waals surface area contributed by atoms with Gasteiger partial charge in [0.25, 0.3) is 5.91 Å². The number of hydrogen-bond donors (Lipinski definition) is 0. The summed E-state index contributed by atoms with van der Waals surface area (Å²) in [4.78, 5) is 20.2. The molecule has 1 aromatic heterocycles. The molecule has 0 aliphatic rings. The van der Waals surface area contributed by atoms with Crippen molar-refractivity contribution in [2.45, 2.75) is 6.92 Å².